The Labute approximate surface area is 185 Å². The molecule has 1 aliphatic heterocycles. The molecule has 0 aliphatic carbocycles. The minimum atomic E-state index is -0.854. The molecule has 2 amide bonds. The fourth-order valence-corrected chi connectivity index (χ4v) is 5.19. The Morgan fingerprint density at radius 3 is 2.61 bits per heavy atom. The molecule has 8 heteroatoms. The Hall–Kier alpha value is -2.87. The highest BCUT2D eigenvalue weighted by Crippen LogP contribution is 2.35. The van der Waals surface area contributed by atoms with Crippen molar-refractivity contribution in [1.29, 1.82) is 0 Å². The van der Waals surface area contributed by atoms with Crippen molar-refractivity contribution in [3.05, 3.63) is 61.2 Å². The fourth-order valence-electron chi connectivity index (χ4n) is 4.12. The lowest BCUT2D eigenvalue weighted by Gasteiger charge is -2.31. The molecule has 2 aromatic rings. The zero-order valence-corrected chi connectivity index (χ0v) is 19.0. The minimum absolute atomic E-state index is 0.125. The van der Waals surface area contributed by atoms with Crippen LogP contribution in [0.4, 0.5) is 4.79 Å². The van der Waals surface area contributed by atoms with Gasteiger partial charge < -0.3 is 20.3 Å². The zero-order valence-electron chi connectivity index (χ0n) is 18.2. The molecule has 0 radical (unpaired) electrons. The van der Waals surface area contributed by atoms with Crippen LogP contribution < -0.4 is 10.9 Å². The van der Waals surface area contributed by atoms with E-state index in [1.165, 1.54) is 10.5 Å². The molecule has 0 bridgehead atoms. The van der Waals surface area contributed by atoms with Gasteiger partial charge in [0.25, 0.3) is 5.56 Å². The van der Waals surface area contributed by atoms with Crippen molar-refractivity contribution in [1.82, 2.24) is 15.2 Å². The van der Waals surface area contributed by atoms with E-state index < -0.39 is 6.09 Å². The van der Waals surface area contributed by atoms with Crippen molar-refractivity contribution in [3.8, 4) is 0 Å². The molecule has 0 saturated carbocycles. The summed E-state index contributed by atoms with van der Waals surface area (Å²) >= 11 is 1.61. The van der Waals surface area contributed by atoms with Gasteiger partial charge in [-0.25, -0.2) is 4.79 Å². The van der Waals surface area contributed by atoms with Crippen LogP contribution in [0.1, 0.15) is 47.0 Å². The predicted octanol–water partition coefficient (Wildman–Crippen LogP) is 3.71. The van der Waals surface area contributed by atoms with E-state index in [0.29, 0.717) is 24.6 Å². The standard InChI is InChI=1S/C23H29N3O4S/c1-4-18(17-5-7-26(8-6-17)23(29)30)20-10-16(13-31-20)11-21(27)24-12-19-14(2)9-15(3)25-22(19)28/h4,9-10,13,17H,5-8,11-12H2,1-3H3,(H,24,27)(H,25,28)(H,29,30)/b18-4+. The van der Waals surface area contributed by atoms with E-state index in [2.05, 4.69) is 16.4 Å². The minimum Gasteiger partial charge on any atom is -0.465 e. The van der Waals surface area contributed by atoms with Gasteiger partial charge in [-0.3, -0.25) is 9.59 Å². The maximum atomic E-state index is 12.4. The Morgan fingerprint density at radius 1 is 1.29 bits per heavy atom. The topological polar surface area (TPSA) is 103 Å². The Bertz CT molecular complexity index is 1050. The number of allylic oxidation sites excluding steroid dienone is 2. The van der Waals surface area contributed by atoms with Gasteiger partial charge in [0.2, 0.25) is 5.91 Å². The van der Waals surface area contributed by atoms with Gasteiger partial charge in [0.05, 0.1) is 6.42 Å². The van der Waals surface area contributed by atoms with E-state index in [4.69, 9.17) is 5.11 Å². The summed E-state index contributed by atoms with van der Waals surface area (Å²) in [7, 11) is 0. The number of amides is 2. The van der Waals surface area contributed by atoms with Crippen molar-refractivity contribution < 1.29 is 14.7 Å². The normalized spacial score (nSPS) is 15.2. The maximum absolute atomic E-state index is 12.4. The van der Waals surface area contributed by atoms with Crippen molar-refractivity contribution in [3.63, 3.8) is 0 Å². The van der Waals surface area contributed by atoms with Crippen molar-refractivity contribution in [2.45, 2.75) is 46.6 Å². The van der Waals surface area contributed by atoms with Crippen LogP contribution in [0.3, 0.4) is 0 Å². The highest BCUT2D eigenvalue weighted by molar-refractivity contribution is 7.11. The van der Waals surface area contributed by atoms with Gasteiger partial charge in [0.1, 0.15) is 0 Å². The largest absolute Gasteiger partial charge is 0.465 e. The van der Waals surface area contributed by atoms with E-state index in [1.54, 1.807) is 11.3 Å². The van der Waals surface area contributed by atoms with Gasteiger partial charge in [0.15, 0.2) is 0 Å². The lowest BCUT2D eigenvalue weighted by atomic mass is 9.88. The van der Waals surface area contributed by atoms with Crippen LogP contribution >= 0.6 is 11.3 Å². The second-order valence-corrected chi connectivity index (χ2v) is 8.91. The summed E-state index contributed by atoms with van der Waals surface area (Å²) in [6.07, 6.45) is 3.12. The molecule has 2 aromatic heterocycles. The van der Waals surface area contributed by atoms with Gasteiger partial charge >= 0.3 is 6.09 Å². The highest BCUT2D eigenvalue weighted by Gasteiger charge is 2.25. The van der Waals surface area contributed by atoms with Crippen LogP contribution in [0.2, 0.25) is 0 Å². The number of rotatable bonds is 6. The average Bonchev–Trinajstić information content (AvgIpc) is 3.16. The number of hydrogen-bond acceptors (Lipinski definition) is 4. The number of nitrogens with one attached hydrogen (secondary N) is 2. The van der Waals surface area contributed by atoms with Gasteiger partial charge in [-0.2, -0.15) is 0 Å². The third-order valence-corrected chi connectivity index (χ3v) is 6.80. The lowest BCUT2D eigenvalue weighted by Crippen LogP contribution is -2.37. The molecule has 1 saturated heterocycles. The van der Waals surface area contributed by atoms with Crippen LogP contribution in [-0.2, 0) is 17.8 Å². The van der Waals surface area contributed by atoms with Gasteiger partial charge in [-0.15, -0.1) is 11.3 Å². The van der Waals surface area contributed by atoms with Gasteiger partial charge in [-0.05, 0) is 73.7 Å². The van der Waals surface area contributed by atoms with Crippen molar-refractivity contribution in [2.24, 2.45) is 5.92 Å². The number of aromatic nitrogens is 1. The van der Waals surface area contributed by atoms with Gasteiger partial charge in [-0.1, -0.05) is 6.08 Å². The summed E-state index contributed by atoms with van der Waals surface area (Å²) < 4.78 is 0. The number of piperidine rings is 1. The second-order valence-electron chi connectivity index (χ2n) is 8.00. The number of carbonyl (C=O) groups is 2. The molecule has 1 aliphatic rings. The number of carboxylic acid groups (broad SMARTS) is 1. The maximum Gasteiger partial charge on any atom is 0.407 e. The summed E-state index contributed by atoms with van der Waals surface area (Å²) in [4.78, 5) is 41.0. The van der Waals surface area contributed by atoms with Gasteiger partial charge in [0, 0.05) is 35.8 Å². The number of hydrogen-bond donors (Lipinski definition) is 3. The summed E-state index contributed by atoms with van der Waals surface area (Å²) in [6.45, 7) is 7.02. The summed E-state index contributed by atoms with van der Waals surface area (Å²) in [5.74, 6) is 0.206. The second kappa shape index (κ2) is 9.96. The molecule has 3 N–H and O–H groups in total. The molecule has 0 spiro atoms. The molecular formula is C23H29N3O4S. The zero-order chi connectivity index (χ0) is 22.5. The molecular weight excluding hydrogens is 414 g/mol. The van der Waals surface area contributed by atoms with E-state index in [1.807, 2.05) is 38.3 Å². The lowest BCUT2D eigenvalue weighted by molar-refractivity contribution is -0.120. The van der Waals surface area contributed by atoms with E-state index >= 15 is 0 Å². The molecule has 0 atom stereocenters. The monoisotopic (exact) mass is 443 g/mol. The predicted molar refractivity (Wildman–Crippen MR) is 122 cm³/mol. The SMILES string of the molecule is C/C=C(/c1cc(CC(=O)NCc2c(C)cc(C)[nH]c2=O)cs1)C1CCN(C(=O)O)CC1. The number of aryl methyl sites for hydroxylation is 2. The molecule has 31 heavy (non-hydrogen) atoms. The average molecular weight is 444 g/mol. The molecule has 7 nitrogen and oxygen atoms in total. The van der Waals surface area contributed by atoms with Crippen molar-refractivity contribution >= 4 is 28.9 Å². The first-order valence-corrected chi connectivity index (χ1v) is 11.3. The molecule has 166 valence electrons. The number of H-pyrrole nitrogens is 1. The first-order valence-electron chi connectivity index (χ1n) is 10.5. The van der Waals surface area contributed by atoms with Crippen LogP contribution in [0.5, 0.6) is 0 Å². The van der Waals surface area contributed by atoms with Crippen LogP contribution in [0.25, 0.3) is 5.57 Å². The van der Waals surface area contributed by atoms with Crippen LogP contribution in [0, 0.1) is 19.8 Å². The molecule has 1 fully saturated rings. The number of pyridine rings is 1. The van der Waals surface area contributed by atoms with Crippen LogP contribution in [-0.4, -0.2) is 40.1 Å². The Kier molecular flexibility index (Phi) is 7.33. The number of thiophene rings is 1. The number of nitrogens with zero attached hydrogens (tertiary/aromatic N) is 1. The van der Waals surface area contributed by atoms with Crippen LogP contribution in [0.15, 0.2) is 28.4 Å². The quantitative estimate of drug-likeness (QED) is 0.633. The van der Waals surface area contributed by atoms with E-state index in [-0.39, 0.29) is 24.4 Å². The first kappa shape index (κ1) is 22.8. The third kappa shape index (κ3) is 5.64. The Morgan fingerprint density at radius 2 is 2.00 bits per heavy atom. The molecule has 0 unspecified atom stereocenters. The summed E-state index contributed by atoms with van der Waals surface area (Å²) in [5.41, 5.74) is 4.25. The third-order valence-electron chi connectivity index (χ3n) is 5.78. The van der Waals surface area contributed by atoms with Crippen molar-refractivity contribution in [2.75, 3.05) is 13.1 Å². The van der Waals surface area contributed by atoms with E-state index in [9.17, 15) is 14.4 Å². The number of carbonyl (C=O) groups excluding carboxylic acids is 1. The summed E-state index contributed by atoms with van der Waals surface area (Å²) in [5, 5.41) is 14.0. The van der Waals surface area contributed by atoms with E-state index in [0.717, 1.165) is 34.5 Å². The molecule has 3 heterocycles. The smallest absolute Gasteiger partial charge is 0.407 e. The molecule has 0 aromatic carbocycles. The summed E-state index contributed by atoms with van der Waals surface area (Å²) in [6, 6.07) is 3.95. The number of aromatic amines is 1. The number of likely N-dealkylation sites (tertiary alicyclic amines) is 1. The first-order chi connectivity index (χ1) is 14.8. The Balaban J connectivity index is 1.58. The highest BCUT2D eigenvalue weighted by atomic mass is 32.1. The molecule has 3 rings (SSSR count). The fraction of sp³-hybridized carbons (Fsp3) is 0.435.